The average Bonchev–Trinajstić information content (AvgIpc) is 2.25. The van der Waals surface area contributed by atoms with Crippen LogP contribution < -0.4 is 5.32 Å². The predicted octanol–water partition coefficient (Wildman–Crippen LogP) is 1.91. The fourth-order valence-electron chi connectivity index (χ4n) is 1.24. The topological polar surface area (TPSA) is 88.4 Å². The molecule has 6 nitrogen and oxygen atoms in total. The van der Waals surface area contributed by atoms with Gasteiger partial charge in [-0.3, -0.25) is 0 Å². The summed E-state index contributed by atoms with van der Waals surface area (Å²) in [6.45, 7) is 6.62. The van der Waals surface area contributed by atoms with Gasteiger partial charge in [0.15, 0.2) is 5.54 Å². The minimum Gasteiger partial charge on any atom is -0.467 e. The summed E-state index contributed by atoms with van der Waals surface area (Å²) < 4.78 is 9.71. The van der Waals surface area contributed by atoms with Crippen molar-refractivity contribution < 1.29 is 19.1 Å². The molecule has 0 aromatic heterocycles. The molecule has 6 heteroatoms. The number of alkyl carbamates (subject to hydrolysis) is 1. The molecule has 0 saturated carbocycles. The highest BCUT2D eigenvalue weighted by Crippen LogP contribution is 2.12. The van der Waals surface area contributed by atoms with E-state index in [0.717, 1.165) is 0 Å². The van der Waals surface area contributed by atoms with Crippen molar-refractivity contribution in [3.8, 4) is 6.07 Å². The summed E-state index contributed by atoms with van der Waals surface area (Å²) >= 11 is 0. The van der Waals surface area contributed by atoms with Gasteiger partial charge in [0.25, 0.3) is 0 Å². The van der Waals surface area contributed by atoms with E-state index in [1.54, 1.807) is 20.8 Å². The summed E-state index contributed by atoms with van der Waals surface area (Å²) in [5, 5.41) is 10.9. The highest BCUT2D eigenvalue weighted by molar-refractivity contribution is 5.87. The van der Waals surface area contributed by atoms with Crippen LogP contribution in [0, 0.1) is 11.3 Å². The Bertz CT molecular complexity index is 404. The van der Waals surface area contributed by atoms with E-state index in [0.29, 0.717) is 0 Å². The Hall–Kier alpha value is -2.03. The van der Waals surface area contributed by atoms with Crippen LogP contribution in [0.15, 0.2) is 12.2 Å². The molecular weight excluding hydrogens is 248 g/mol. The second-order valence-corrected chi connectivity index (χ2v) is 5.09. The summed E-state index contributed by atoms with van der Waals surface area (Å²) in [6.07, 6.45) is 2.28. The van der Waals surface area contributed by atoms with E-state index < -0.39 is 23.2 Å². The third kappa shape index (κ3) is 6.46. The van der Waals surface area contributed by atoms with Gasteiger partial charge >= 0.3 is 12.1 Å². The number of methoxy groups -OCH3 is 1. The van der Waals surface area contributed by atoms with E-state index in [-0.39, 0.29) is 6.42 Å². The number of ether oxygens (including phenoxy) is 2. The Morgan fingerprint density at radius 2 is 1.89 bits per heavy atom. The van der Waals surface area contributed by atoms with Gasteiger partial charge in [-0.1, -0.05) is 12.2 Å². The Labute approximate surface area is 113 Å². The van der Waals surface area contributed by atoms with Crippen LogP contribution in [0.25, 0.3) is 0 Å². The standard InChI is InChI=1S/C13H20N2O4/c1-12(2,3)19-11(17)15-13(4,10(16)18-5)8-6-7-9-14/h6,8H,7H2,1-5H3,(H,15,17)/b8-6+. The highest BCUT2D eigenvalue weighted by Gasteiger charge is 2.34. The number of rotatable bonds is 4. The van der Waals surface area contributed by atoms with Gasteiger partial charge in [0.05, 0.1) is 19.6 Å². The number of carbonyl (C=O) groups is 2. The van der Waals surface area contributed by atoms with Gasteiger partial charge in [-0.25, -0.2) is 9.59 Å². The molecule has 1 N–H and O–H groups in total. The van der Waals surface area contributed by atoms with Crippen molar-refractivity contribution in [2.45, 2.75) is 45.3 Å². The molecule has 0 fully saturated rings. The van der Waals surface area contributed by atoms with Crippen LogP contribution in [-0.4, -0.2) is 30.3 Å². The van der Waals surface area contributed by atoms with Crippen LogP contribution in [0.4, 0.5) is 4.79 Å². The Morgan fingerprint density at radius 3 is 2.32 bits per heavy atom. The molecule has 1 unspecified atom stereocenters. The van der Waals surface area contributed by atoms with Gasteiger partial charge < -0.3 is 14.8 Å². The fraction of sp³-hybridized carbons (Fsp3) is 0.615. The molecular formula is C13H20N2O4. The Kier molecular flexibility index (Phi) is 6.06. The molecule has 0 spiro atoms. The van der Waals surface area contributed by atoms with Gasteiger partial charge in [-0.15, -0.1) is 0 Å². The number of esters is 1. The molecule has 1 amide bonds. The quantitative estimate of drug-likeness (QED) is 0.621. The van der Waals surface area contributed by atoms with E-state index in [4.69, 9.17) is 10.00 Å². The lowest BCUT2D eigenvalue weighted by molar-refractivity contribution is -0.145. The molecule has 0 radical (unpaired) electrons. The van der Waals surface area contributed by atoms with Gasteiger partial charge in [-0.2, -0.15) is 5.26 Å². The second kappa shape index (κ2) is 6.78. The third-order valence-corrected chi connectivity index (χ3v) is 2.03. The monoisotopic (exact) mass is 268 g/mol. The molecule has 0 aliphatic carbocycles. The number of allylic oxidation sites excluding steroid dienone is 1. The second-order valence-electron chi connectivity index (χ2n) is 5.09. The molecule has 0 heterocycles. The first-order valence-corrected chi connectivity index (χ1v) is 5.79. The van der Waals surface area contributed by atoms with Crippen LogP contribution in [0.5, 0.6) is 0 Å². The maximum absolute atomic E-state index is 11.7. The summed E-state index contributed by atoms with van der Waals surface area (Å²) in [4.78, 5) is 23.4. The first kappa shape index (κ1) is 17.0. The van der Waals surface area contributed by atoms with Crippen LogP contribution in [0.3, 0.4) is 0 Å². The van der Waals surface area contributed by atoms with Gasteiger partial charge in [-0.05, 0) is 27.7 Å². The molecule has 0 aromatic carbocycles. The van der Waals surface area contributed by atoms with Crippen LogP contribution >= 0.6 is 0 Å². The summed E-state index contributed by atoms with van der Waals surface area (Å²) in [5.41, 5.74) is -2.04. The van der Waals surface area contributed by atoms with Crippen molar-refractivity contribution in [3.63, 3.8) is 0 Å². The number of nitrogens with one attached hydrogen (secondary N) is 1. The van der Waals surface area contributed by atoms with Crippen LogP contribution in [0.1, 0.15) is 34.1 Å². The van der Waals surface area contributed by atoms with Crippen molar-refractivity contribution in [1.29, 1.82) is 5.26 Å². The van der Waals surface area contributed by atoms with Crippen molar-refractivity contribution in [3.05, 3.63) is 12.2 Å². The zero-order valence-corrected chi connectivity index (χ0v) is 11.9. The molecule has 0 aliphatic rings. The summed E-state index contributed by atoms with van der Waals surface area (Å²) in [6, 6.07) is 1.91. The molecule has 0 aromatic rings. The number of carbonyl (C=O) groups excluding carboxylic acids is 2. The van der Waals surface area contributed by atoms with Crippen molar-refractivity contribution in [2.24, 2.45) is 0 Å². The zero-order valence-electron chi connectivity index (χ0n) is 11.9. The highest BCUT2D eigenvalue weighted by atomic mass is 16.6. The predicted molar refractivity (Wildman–Crippen MR) is 69.2 cm³/mol. The Balaban J connectivity index is 4.93. The number of amides is 1. The van der Waals surface area contributed by atoms with E-state index >= 15 is 0 Å². The largest absolute Gasteiger partial charge is 0.467 e. The molecule has 19 heavy (non-hydrogen) atoms. The van der Waals surface area contributed by atoms with Gasteiger partial charge in [0, 0.05) is 0 Å². The lowest BCUT2D eigenvalue weighted by Gasteiger charge is -2.27. The zero-order chi connectivity index (χ0) is 15.1. The lowest BCUT2D eigenvalue weighted by atomic mass is 10.0. The van der Waals surface area contributed by atoms with E-state index in [1.165, 1.54) is 26.2 Å². The molecule has 0 rings (SSSR count). The average molecular weight is 268 g/mol. The number of nitriles is 1. The van der Waals surface area contributed by atoms with Crippen LogP contribution in [-0.2, 0) is 14.3 Å². The van der Waals surface area contributed by atoms with Crippen LogP contribution in [0.2, 0.25) is 0 Å². The number of hydrogen-bond acceptors (Lipinski definition) is 5. The van der Waals surface area contributed by atoms with E-state index in [1.807, 2.05) is 6.07 Å². The van der Waals surface area contributed by atoms with E-state index in [2.05, 4.69) is 10.1 Å². The number of hydrogen-bond donors (Lipinski definition) is 1. The van der Waals surface area contributed by atoms with Crippen molar-refractivity contribution in [1.82, 2.24) is 5.32 Å². The third-order valence-electron chi connectivity index (χ3n) is 2.03. The van der Waals surface area contributed by atoms with E-state index in [9.17, 15) is 9.59 Å². The SMILES string of the molecule is COC(=O)C(C)(/C=C/CC#N)NC(=O)OC(C)(C)C. The van der Waals surface area contributed by atoms with Crippen molar-refractivity contribution in [2.75, 3.05) is 7.11 Å². The minimum absolute atomic E-state index is 0.128. The summed E-state index contributed by atoms with van der Waals surface area (Å²) in [5.74, 6) is -0.646. The molecule has 0 aliphatic heterocycles. The smallest absolute Gasteiger partial charge is 0.408 e. The number of nitrogens with zero attached hydrogens (tertiary/aromatic N) is 1. The normalized spacial score (nSPS) is 14.3. The van der Waals surface area contributed by atoms with Gasteiger partial charge in [0.1, 0.15) is 5.60 Å². The Morgan fingerprint density at radius 1 is 1.32 bits per heavy atom. The lowest BCUT2D eigenvalue weighted by Crippen LogP contribution is -2.52. The van der Waals surface area contributed by atoms with Crippen molar-refractivity contribution >= 4 is 12.1 Å². The first-order chi connectivity index (χ1) is 8.64. The maximum atomic E-state index is 11.7. The molecule has 0 bridgehead atoms. The fourth-order valence-corrected chi connectivity index (χ4v) is 1.24. The molecule has 1 atom stereocenters. The first-order valence-electron chi connectivity index (χ1n) is 5.79. The molecule has 0 saturated heterocycles. The summed E-state index contributed by atoms with van der Waals surface area (Å²) in [7, 11) is 1.22. The molecule has 106 valence electrons. The van der Waals surface area contributed by atoms with Gasteiger partial charge in [0.2, 0.25) is 0 Å². The minimum atomic E-state index is -1.37. The maximum Gasteiger partial charge on any atom is 0.408 e.